The lowest BCUT2D eigenvalue weighted by Gasteiger charge is -2.33. The number of amides is 1. The Bertz CT molecular complexity index is 1500. The fraction of sp³-hybridized carbons (Fsp3) is 0.417. The molecule has 1 aromatic carbocycles. The van der Waals surface area contributed by atoms with Crippen molar-refractivity contribution in [3.8, 4) is 0 Å². The van der Waals surface area contributed by atoms with E-state index in [-0.39, 0.29) is 53.7 Å². The topological polar surface area (TPSA) is 115 Å². The molecule has 186 valence electrons. The van der Waals surface area contributed by atoms with Crippen molar-refractivity contribution in [2.45, 2.75) is 31.1 Å². The van der Waals surface area contributed by atoms with Crippen LogP contribution in [0.5, 0.6) is 0 Å². The molecular formula is C24H29N5O5S. The fourth-order valence-corrected chi connectivity index (χ4v) is 5.64. The van der Waals surface area contributed by atoms with Crippen LogP contribution in [0.25, 0.3) is 11.0 Å². The summed E-state index contributed by atoms with van der Waals surface area (Å²) in [5.74, 6) is -0.0227. The molecule has 1 atom stereocenters. The Kier molecular flexibility index (Phi) is 6.65. The standard InChI is InChI=1S/C24H29N5O5S/c1-5-16(2)17-6-8-18(9-7-17)35(33,34)29-14-12-28(13-15-29)23(31)20-11-10-19-21(25-20)26(3)24(32)27(4)22(19)30/h6-11,16H,5,12-15H2,1-4H3. The van der Waals surface area contributed by atoms with Crippen molar-refractivity contribution in [1.29, 1.82) is 0 Å². The first-order chi connectivity index (χ1) is 16.6. The molecule has 1 aliphatic rings. The van der Waals surface area contributed by atoms with E-state index in [0.717, 1.165) is 16.6 Å². The zero-order chi connectivity index (χ0) is 25.5. The van der Waals surface area contributed by atoms with Gasteiger partial charge in [-0.05, 0) is 42.2 Å². The monoisotopic (exact) mass is 499 g/mol. The molecule has 1 saturated heterocycles. The third-order valence-electron chi connectivity index (χ3n) is 6.75. The molecule has 35 heavy (non-hydrogen) atoms. The van der Waals surface area contributed by atoms with Gasteiger partial charge in [-0.1, -0.05) is 26.0 Å². The SMILES string of the molecule is CCC(C)c1ccc(S(=O)(=O)N2CCN(C(=O)c3ccc4c(=O)n(C)c(=O)n(C)c4n3)CC2)cc1. The number of pyridine rings is 1. The van der Waals surface area contributed by atoms with Crippen LogP contribution in [0, 0.1) is 0 Å². The van der Waals surface area contributed by atoms with Crippen LogP contribution in [0.1, 0.15) is 42.2 Å². The van der Waals surface area contributed by atoms with E-state index in [1.54, 1.807) is 12.1 Å². The molecule has 11 heteroatoms. The molecule has 10 nitrogen and oxygen atoms in total. The fourth-order valence-electron chi connectivity index (χ4n) is 4.22. The van der Waals surface area contributed by atoms with Gasteiger partial charge >= 0.3 is 5.69 Å². The first-order valence-electron chi connectivity index (χ1n) is 11.5. The largest absolute Gasteiger partial charge is 0.335 e. The minimum atomic E-state index is -3.67. The number of aromatic nitrogens is 3. The predicted molar refractivity (Wildman–Crippen MR) is 132 cm³/mol. The molecule has 0 saturated carbocycles. The summed E-state index contributed by atoms with van der Waals surface area (Å²) in [4.78, 5) is 43.7. The maximum atomic E-state index is 13.1. The lowest BCUT2D eigenvalue weighted by Crippen LogP contribution is -2.50. The Labute approximate surface area is 203 Å². The highest BCUT2D eigenvalue weighted by Gasteiger charge is 2.31. The number of fused-ring (bicyclic) bond motifs is 1. The minimum Gasteiger partial charge on any atom is -0.335 e. The zero-order valence-corrected chi connectivity index (χ0v) is 21.1. The van der Waals surface area contributed by atoms with Crippen LogP contribution in [0.4, 0.5) is 0 Å². The van der Waals surface area contributed by atoms with Crippen LogP contribution in [0.2, 0.25) is 0 Å². The van der Waals surface area contributed by atoms with Crippen molar-refractivity contribution < 1.29 is 13.2 Å². The van der Waals surface area contributed by atoms with Crippen molar-refractivity contribution in [1.82, 2.24) is 23.3 Å². The third kappa shape index (κ3) is 4.41. The molecule has 1 fully saturated rings. The van der Waals surface area contributed by atoms with Crippen molar-refractivity contribution >= 4 is 27.0 Å². The van der Waals surface area contributed by atoms with Gasteiger partial charge in [-0.25, -0.2) is 18.2 Å². The smallest absolute Gasteiger partial charge is 0.332 e. The highest BCUT2D eigenvalue weighted by atomic mass is 32.2. The zero-order valence-electron chi connectivity index (χ0n) is 20.3. The third-order valence-corrected chi connectivity index (χ3v) is 8.66. The number of carbonyl (C=O) groups is 1. The van der Waals surface area contributed by atoms with Crippen molar-refractivity contribution in [3.63, 3.8) is 0 Å². The number of piperazine rings is 1. The number of carbonyl (C=O) groups excluding carboxylic acids is 1. The van der Waals surface area contributed by atoms with Gasteiger partial charge in [-0.15, -0.1) is 0 Å². The van der Waals surface area contributed by atoms with Gasteiger partial charge in [0.2, 0.25) is 10.0 Å². The average molecular weight is 500 g/mol. The highest BCUT2D eigenvalue weighted by molar-refractivity contribution is 7.89. The second kappa shape index (κ2) is 9.38. The Morgan fingerprint density at radius 1 is 0.971 bits per heavy atom. The van der Waals surface area contributed by atoms with Crippen molar-refractivity contribution in [2.24, 2.45) is 14.1 Å². The highest BCUT2D eigenvalue weighted by Crippen LogP contribution is 2.23. The number of nitrogens with zero attached hydrogens (tertiary/aromatic N) is 5. The summed E-state index contributed by atoms with van der Waals surface area (Å²) >= 11 is 0. The molecule has 4 rings (SSSR count). The van der Waals surface area contributed by atoms with Crippen molar-refractivity contribution in [2.75, 3.05) is 26.2 Å². The van der Waals surface area contributed by atoms with E-state index in [2.05, 4.69) is 18.8 Å². The summed E-state index contributed by atoms with van der Waals surface area (Å²) in [5, 5.41) is 0.237. The Morgan fingerprint density at radius 2 is 1.60 bits per heavy atom. The molecule has 1 unspecified atom stereocenters. The second-order valence-corrected chi connectivity index (χ2v) is 10.8. The summed E-state index contributed by atoms with van der Waals surface area (Å²) in [6, 6.07) is 9.93. The van der Waals surface area contributed by atoms with Gasteiger partial charge in [0.15, 0.2) is 0 Å². The van der Waals surface area contributed by atoms with Gasteiger partial charge in [0.05, 0.1) is 10.3 Å². The molecule has 0 bridgehead atoms. The maximum absolute atomic E-state index is 13.1. The molecule has 3 aromatic rings. The number of hydrogen-bond donors (Lipinski definition) is 0. The molecular weight excluding hydrogens is 470 g/mol. The van der Waals surface area contributed by atoms with E-state index in [1.165, 1.54) is 40.0 Å². The minimum absolute atomic E-state index is 0.0951. The quantitative estimate of drug-likeness (QED) is 0.523. The predicted octanol–water partition coefficient (Wildman–Crippen LogP) is 1.29. The molecule has 1 amide bonds. The van der Waals surface area contributed by atoms with Crippen molar-refractivity contribution in [3.05, 3.63) is 68.5 Å². The van der Waals surface area contributed by atoms with E-state index < -0.39 is 21.3 Å². The maximum Gasteiger partial charge on any atom is 0.332 e. The summed E-state index contributed by atoms with van der Waals surface area (Å²) in [7, 11) is -0.792. The van der Waals surface area contributed by atoms with Crippen LogP contribution in [-0.2, 0) is 24.1 Å². The summed E-state index contributed by atoms with van der Waals surface area (Å²) in [6.07, 6.45) is 0.973. The first-order valence-corrected chi connectivity index (χ1v) is 13.0. The van der Waals surface area contributed by atoms with Crippen LogP contribution in [0.3, 0.4) is 0 Å². The van der Waals surface area contributed by atoms with Gasteiger partial charge in [0.25, 0.3) is 11.5 Å². The number of hydrogen-bond acceptors (Lipinski definition) is 6. The molecule has 0 aliphatic carbocycles. The molecule has 3 heterocycles. The van der Waals surface area contributed by atoms with Gasteiger partial charge in [0, 0.05) is 40.3 Å². The molecule has 2 aromatic heterocycles. The summed E-state index contributed by atoms with van der Waals surface area (Å²) in [5.41, 5.74) is 0.310. The van der Waals surface area contributed by atoms with Crippen LogP contribution < -0.4 is 11.2 Å². The second-order valence-electron chi connectivity index (χ2n) is 8.85. The lowest BCUT2D eigenvalue weighted by atomic mass is 9.99. The normalized spacial score (nSPS) is 15.9. The van der Waals surface area contributed by atoms with E-state index >= 15 is 0 Å². The molecule has 0 N–H and O–H groups in total. The number of sulfonamides is 1. The molecule has 0 spiro atoms. The number of aryl methyl sites for hydroxylation is 1. The Hall–Kier alpha value is -3.31. The van der Waals surface area contributed by atoms with Gasteiger partial charge in [-0.3, -0.25) is 18.7 Å². The molecule has 0 radical (unpaired) electrons. The average Bonchev–Trinajstić information content (AvgIpc) is 2.89. The Balaban J connectivity index is 1.50. The van der Waals surface area contributed by atoms with Crippen LogP contribution in [0.15, 0.2) is 50.9 Å². The lowest BCUT2D eigenvalue weighted by molar-refractivity contribution is 0.0692. The summed E-state index contributed by atoms with van der Waals surface area (Å²) < 4.78 is 29.8. The van der Waals surface area contributed by atoms with Gasteiger partial charge in [-0.2, -0.15) is 4.31 Å². The first kappa shape index (κ1) is 24.8. The van der Waals surface area contributed by atoms with Crippen LogP contribution >= 0.6 is 0 Å². The van der Waals surface area contributed by atoms with E-state index in [4.69, 9.17) is 0 Å². The van der Waals surface area contributed by atoms with E-state index in [9.17, 15) is 22.8 Å². The van der Waals surface area contributed by atoms with Gasteiger partial charge in [0.1, 0.15) is 11.3 Å². The Morgan fingerprint density at radius 3 is 2.20 bits per heavy atom. The summed E-state index contributed by atoms with van der Waals surface area (Å²) in [6.45, 7) is 4.92. The van der Waals surface area contributed by atoms with Crippen LogP contribution in [-0.4, -0.2) is 63.8 Å². The number of rotatable bonds is 5. The van der Waals surface area contributed by atoms with E-state index in [0.29, 0.717) is 5.92 Å². The number of benzene rings is 1. The van der Waals surface area contributed by atoms with E-state index in [1.807, 2.05) is 12.1 Å². The molecule has 1 aliphatic heterocycles. The van der Waals surface area contributed by atoms with Gasteiger partial charge < -0.3 is 4.90 Å².